The summed E-state index contributed by atoms with van der Waals surface area (Å²) in [6, 6.07) is 2.77. The third-order valence-electron chi connectivity index (χ3n) is 2.87. The molecule has 0 atom stereocenters. The van der Waals surface area contributed by atoms with Crippen LogP contribution < -0.4 is 5.32 Å². The monoisotopic (exact) mass is 235 g/mol. The van der Waals surface area contributed by atoms with Crippen molar-refractivity contribution in [2.75, 3.05) is 11.9 Å². The van der Waals surface area contributed by atoms with E-state index in [2.05, 4.69) is 5.32 Å². The Morgan fingerprint density at radius 2 is 1.88 bits per heavy atom. The average Bonchev–Trinajstić information content (AvgIpc) is 2.51. The van der Waals surface area contributed by atoms with Crippen LogP contribution in [0.2, 0.25) is 0 Å². The molecule has 0 aromatic heterocycles. The number of hydrogen-bond donors (Lipinski definition) is 3. The van der Waals surface area contributed by atoms with Gasteiger partial charge in [-0.1, -0.05) is 0 Å². The number of rotatable bonds is 2. The van der Waals surface area contributed by atoms with E-state index < -0.39 is 11.9 Å². The Bertz CT molecular complexity index is 482. The molecule has 3 N–H and O–H groups in total. The maximum Gasteiger partial charge on any atom is 0.337 e. The van der Waals surface area contributed by atoms with Crippen molar-refractivity contribution in [1.82, 2.24) is 0 Å². The van der Waals surface area contributed by atoms with E-state index in [0.717, 1.165) is 24.9 Å². The number of anilines is 1. The summed E-state index contributed by atoms with van der Waals surface area (Å²) in [6.07, 6.45) is 2.60. The Morgan fingerprint density at radius 1 is 1.12 bits per heavy atom. The lowest BCUT2D eigenvalue weighted by atomic mass is 9.99. The number of aromatic carboxylic acids is 2. The second-order valence-corrected chi connectivity index (χ2v) is 4.05. The zero-order valence-electron chi connectivity index (χ0n) is 9.19. The number of fused-ring (bicyclic) bond motifs is 1. The fourth-order valence-electron chi connectivity index (χ4n) is 2.05. The number of carboxylic acid groups (broad SMARTS) is 2. The smallest absolute Gasteiger partial charge is 0.337 e. The van der Waals surface area contributed by atoms with Gasteiger partial charge in [0, 0.05) is 6.54 Å². The van der Waals surface area contributed by atoms with Gasteiger partial charge in [0.05, 0.1) is 16.8 Å². The van der Waals surface area contributed by atoms with Crippen molar-refractivity contribution in [1.29, 1.82) is 0 Å². The predicted molar refractivity (Wildman–Crippen MR) is 61.8 cm³/mol. The maximum atomic E-state index is 11.1. The first kappa shape index (κ1) is 11.4. The molecule has 1 aromatic rings. The van der Waals surface area contributed by atoms with Crippen LogP contribution in [0.1, 0.15) is 39.1 Å². The molecule has 1 heterocycles. The molecular formula is C12H13NO4. The number of nitrogens with one attached hydrogen (secondary N) is 1. The molecular weight excluding hydrogens is 222 g/mol. The molecule has 5 heteroatoms. The van der Waals surface area contributed by atoms with Crippen molar-refractivity contribution >= 4 is 17.6 Å². The van der Waals surface area contributed by atoms with Crippen LogP contribution in [0.4, 0.5) is 5.69 Å². The minimum Gasteiger partial charge on any atom is -0.478 e. The highest BCUT2D eigenvalue weighted by atomic mass is 16.4. The molecule has 1 aliphatic heterocycles. The number of hydrogen-bond acceptors (Lipinski definition) is 3. The average molecular weight is 235 g/mol. The number of benzene rings is 1. The standard InChI is InChI=1S/C12H13NO4/c14-11(15)8-5-7-3-1-2-4-13-10(7)9(6-8)12(16)17/h5-6,13H,1-4H2,(H,14,15)(H,16,17). The van der Waals surface area contributed by atoms with E-state index in [1.54, 1.807) is 6.07 Å². The van der Waals surface area contributed by atoms with E-state index in [1.807, 2.05) is 0 Å². The van der Waals surface area contributed by atoms with Gasteiger partial charge in [-0.15, -0.1) is 0 Å². The van der Waals surface area contributed by atoms with Crippen LogP contribution in [0.25, 0.3) is 0 Å². The highest BCUT2D eigenvalue weighted by molar-refractivity contribution is 5.99. The van der Waals surface area contributed by atoms with Gasteiger partial charge in [0.1, 0.15) is 0 Å². The lowest BCUT2D eigenvalue weighted by Gasteiger charge is -2.12. The van der Waals surface area contributed by atoms with Gasteiger partial charge < -0.3 is 15.5 Å². The van der Waals surface area contributed by atoms with E-state index >= 15 is 0 Å². The SMILES string of the molecule is O=C(O)c1cc2c(c(C(=O)O)c1)NCCCC2. The molecule has 2 rings (SSSR count). The minimum absolute atomic E-state index is 0.0323. The van der Waals surface area contributed by atoms with Gasteiger partial charge in [0.25, 0.3) is 0 Å². The molecule has 5 nitrogen and oxygen atoms in total. The van der Waals surface area contributed by atoms with Crippen LogP contribution in [0.5, 0.6) is 0 Å². The van der Waals surface area contributed by atoms with Crippen LogP contribution in [0.3, 0.4) is 0 Å². The van der Waals surface area contributed by atoms with E-state index in [0.29, 0.717) is 12.1 Å². The minimum atomic E-state index is -1.10. The summed E-state index contributed by atoms with van der Waals surface area (Å²) in [5.41, 5.74) is 1.42. The zero-order valence-corrected chi connectivity index (χ0v) is 9.19. The van der Waals surface area contributed by atoms with Crippen molar-refractivity contribution in [3.8, 4) is 0 Å². The normalized spacial score (nSPS) is 14.4. The molecule has 0 unspecified atom stereocenters. The second kappa shape index (κ2) is 4.45. The molecule has 0 saturated heterocycles. The predicted octanol–water partition coefficient (Wildman–Crippen LogP) is 1.83. The van der Waals surface area contributed by atoms with Crippen LogP contribution in [0, 0.1) is 0 Å². The third kappa shape index (κ3) is 2.22. The van der Waals surface area contributed by atoms with Crippen LogP contribution in [-0.2, 0) is 6.42 Å². The third-order valence-corrected chi connectivity index (χ3v) is 2.87. The highest BCUT2D eigenvalue weighted by Gasteiger charge is 2.19. The van der Waals surface area contributed by atoms with Crippen molar-refractivity contribution in [2.24, 2.45) is 0 Å². The van der Waals surface area contributed by atoms with Crippen molar-refractivity contribution < 1.29 is 19.8 Å². The first-order chi connectivity index (χ1) is 8.09. The molecule has 1 aromatic carbocycles. The summed E-state index contributed by atoms with van der Waals surface area (Å²) in [4.78, 5) is 22.1. The van der Waals surface area contributed by atoms with Crippen LogP contribution in [-0.4, -0.2) is 28.7 Å². The molecule has 0 bridgehead atoms. The Labute approximate surface area is 98.1 Å². The molecule has 0 fully saturated rings. The first-order valence-electron chi connectivity index (χ1n) is 5.47. The summed E-state index contributed by atoms with van der Waals surface area (Å²) in [6.45, 7) is 0.722. The van der Waals surface area contributed by atoms with Gasteiger partial charge in [-0.05, 0) is 37.0 Å². The summed E-state index contributed by atoms with van der Waals surface area (Å²) < 4.78 is 0. The van der Waals surface area contributed by atoms with Crippen molar-refractivity contribution in [3.05, 3.63) is 28.8 Å². The van der Waals surface area contributed by atoms with E-state index in [9.17, 15) is 9.59 Å². The van der Waals surface area contributed by atoms with Gasteiger partial charge in [-0.2, -0.15) is 0 Å². The Morgan fingerprint density at radius 3 is 2.53 bits per heavy atom. The van der Waals surface area contributed by atoms with Crippen LogP contribution in [0.15, 0.2) is 12.1 Å². The Hall–Kier alpha value is -2.04. The summed E-state index contributed by atoms with van der Waals surface area (Å²) in [5.74, 6) is -2.20. The molecule has 0 amide bonds. The molecule has 0 aliphatic carbocycles. The molecule has 0 spiro atoms. The molecule has 17 heavy (non-hydrogen) atoms. The quantitative estimate of drug-likeness (QED) is 0.728. The van der Waals surface area contributed by atoms with Crippen LogP contribution >= 0.6 is 0 Å². The molecule has 0 radical (unpaired) electrons. The fraction of sp³-hybridized carbons (Fsp3) is 0.333. The Kier molecular flexibility index (Phi) is 2.99. The highest BCUT2D eigenvalue weighted by Crippen LogP contribution is 2.27. The lowest BCUT2D eigenvalue weighted by molar-refractivity contribution is 0.0696. The zero-order chi connectivity index (χ0) is 12.4. The lowest BCUT2D eigenvalue weighted by Crippen LogP contribution is -2.10. The van der Waals surface area contributed by atoms with Gasteiger partial charge in [-0.25, -0.2) is 9.59 Å². The fourth-order valence-corrected chi connectivity index (χ4v) is 2.05. The van der Waals surface area contributed by atoms with Crippen molar-refractivity contribution in [3.63, 3.8) is 0 Å². The second-order valence-electron chi connectivity index (χ2n) is 4.05. The summed E-state index contributed by atoms with van der Waals surface area (Å²) >= 11 is 0. The molecule has 90 valence electrons. The van der Waals surface area contributed by atoms with E-state index in [-0.39, 0.29) is 11.1 Å². The van der Waals surface area contributed by atoms with E-state index in [4.69, 9.17) is 10.2 Å². The number of aryl methyl sites for hydroxylation is 1. The molecule has 1 aliphatic rings. The van der Waals surface area contributed by atoms with Gasteiger partial charge in [-0.3, -0.25) is 0 Å². The first-order valence-corrected chi connectivity index (χ1v) is 5.47. The molecule has 0 saturated carbocycles. The largest absolute Gasteiger partial charge is 0.478 e. The number of carboxylic acids is 2. The van der Waals surface area contributed by atoms with Gasteiger partial charge in [0.2, 0.25) is 0 Å². The number of carbonyl (C=O) groups is 2. The Balaban J connectivity index is 2.59. The van der Waals surface area contributed by atoms with Gasteiger partial charge >= 0.3 is 11.9 Å². The summed E-state index contributed by atoms with van der Waals surface area (Å²) in [7, 11) is 0. The van der Waals surface area contributed by atoms with E-state index in [1.165, 1.54) is 6.07 Å². The van der Waals surface area contributed by atoms with Gasteiger partial charge in [0.15, 0.2) is 0 Å². The maximum absolute atomic E-state index is 11.1. The topological polar surface area (TPSA) is 86.6 Å². The summed E-state index contributed by atoms with van der Waals surface area (Å²) in [5, 5.41) is 21.1. The van der Waals surface area contributed by atoms with Crippen molar-refractivity contribution in [2.45, 2.75) is 19.3 Å².